The van der Waals surface area contributed by atoms with Crippen LogP contribution in [0.5, 0.6) is 0 Å². The van der Waals surface area contributed by atoms with Crippen molar-refractivity contribution in [2.24, 2.45) is 5.73 Å². The predicted molar refractivity (Wildman–Crippen MR) is 54.9 cm³/mol. The lowest BCUT2D eigenvalue weighted by atomic mass is 10.2. The highest BCUT2D eigenvalue weighted by Gasteiger charge is 2.02. The number of halogens is 2. The number of aryl methyl sites for hydroxylation is 1. The Balaban J connectivity index is 0.00000121. The van der Waals surface area contributed by atoms with E-state index in [4.69, 9.17) is 11.1 Å². The van der Waals surface area contributed by atoms with Crippen LogP contribution in [-0.4, -0.2) is 10.8 Å². The summed E-state index contributed by atoms with van der Waals surface area (Å²) in [6.45, 7) is 1.93. The highest BCUT2D eigenvalue weighted by Crippen LogP contribution is 2.14. The van der Waals surface area contributed by atoms with Crippen LogP contribution in [-0.2, 0) is 0 Å². The Morgan fingerprint density at radius 3 is 2.67 bits per heavy atom. The Hall–Kier alpha value is -0.610. The summed E-state index contributed by atoms with van der Waals surface area (Å²) in [7, 11) is 0. The van der Waals surface area contributed by atoms with Crippen molar-refractivity contribution in [3.63, 3.8) is 0 Å². The van der Waals surface area contributed by atoms with Gasteiger partial charge in [0.05, 0.1) is 0 Å². The van der Waals surface area contributed by atoms with E-state index in [0.717, 1.165) is 10.0 Å². The minimum absolute atomic E-state index is 0. The van der Waals surface area contributed by atoms with Gasteiger partial charge in [0.1, 0.15) is 11.5 Å². The zero-order chi connectivity index (χ0) is 8.43. The molecule has 0 amide bonds. The van der Waals surface area contributed by atoms with Gasteiger partial charge in [0.25, 0.3) is 0 Å². The molecule has 0 atom stereocenters. The molecule has 0 aromatic carbocycles. The lowest BCUT2D eigenvalue weighted by Gasteiger charge is -2.00. The SMILES string of the molecule is Cc1cnc(C(=N)N)c(Br)c1.Cl. The Morgan fingerprint density at radius 1 is 1.67 bits per heavy atom. The Kier molecular flexibility index (Phi) is 4.20. The number of pyridine rings is 1. The smallest absolute Gasteiger partial charge is 0.142 e. The summed E-state index contributed by atoms with van der Waals surface area (Å²) < 4.78 is 0.769. The van der Waals surface area contributed by atoms with Gasteiger partial charge in [-0.1, -0.05) is 0 Å². The van der Waals surface area contributed by atoms with Crippen molar-refractivity contribution in [3.8, 4) is 0 Å². The maximum Gasteiger partial charge on any atom is 0.142 e. The van der Waals surface area contributed by atoms with Crippen LogP contribution in [0.1, 0.15) is 11.3 Å². The summed E-state index contributed by atoms with van der Waals surface area (Å²) in [5.74, 6) is -0.0168. The lowest BCUT2D eigenvalue weighted by molar-refractivity contribution is 1.20. The molecule has 5 heteroatoms. The van der Waals surface area contributed by atoms with Gasteiger partial charge in [0.2, 0.25) is 0 Å². The quantitative estimate of drug-likeness (QED) is 0.590. The molecule has 0 saturated carbocycles. The van der Waals surface area contributed by atoms with Crippen LogP contribution < -0.4 is 5.73 Å². The van der Waals surface area contributed by atoms with E-state index in [1.807, 2.05) is 13.0 Å². The normalized spacial score (nSPS) is 8.83. The Labute approximate surface area is 85.4 Å². The second kappa shape index (κ2) is 4.42. The number of amidine groups is 1. The molecule has 1 rings (SSSR count). The maximum atomic E-state index is 7.13. The molecule has 3 nitrogen and oxygen atoms in total. The van der Waals surface area contributed by atoms with Gasteiger partial charge in [-0.3, -0.25) is 10.4 Å². The predicted octanol–water partition coefficient (Wildman–Crippen LogP) is 1.86. The van der Waals surface area contributed by atoms with E-state index < -0.39 is 0 Å². The van der Waals surface area contributed by atoms with Crippen molar-refractivity contribution < 1.29 is 0 Å². The van der Waals surface area contributed by atoms with Gasteiger partial charge in [0, 0.05) is 10.7 Å². The van der Waals surface area contributed by atoms with Crippen molar-refractivity contribution in [1.29, 1.82) is 5.41 Å². The van der Waals surface area contributed by atoms with E-state index in [9.17, 15) is 0 Å². The van der Waals surface area contributed by atoms with Crippen LogP contribution in [0.2, 0.25) is 0 Å². The van der Waals surface area contributed by atoms with Gasteiger partial charge in [-0.15, -0.1) is 12.4 Å². The summed E-state index contributed by atoms with van der Waals surface area (Å²) in [6, 6.07) is 1.88. The molecule has 12 heavy (non-hydrogen) atoms. The van der Waals surface area contributed by atoms with Crippen molar-refractivity contribution in [2.75, 3.05) is 0 Å². The molecule has 0 bridgehead atoms. The maximum absolute atomic E-state index is 7.13. The summed E-state index contributed by atoms with van der Waals surface area (Å²) in [5.41, 5.74) is 6.79. The van der Waals surface area contributed by atoms with Crippen LogP contribution >= 0.6 is 28.3 Å². The fourth-order valence-electron chi connectivity index (χ4n) is 0.732. The number of nitrogens with two attached hydrogens (primary N) is 1. The number of hydrogen-bond donors (Lipinski definition) is 2. The monoisotopic (exact) mass is 249 g/mol. The third kappa shape index (κ3) is 2.46. The molecule has 0 aliphatic rings. The minimum atomic E-state index is -0.0168. The van der Waals surface area contributed by atoms with Crippen molar-refractivity contribution >= 4 is 34.2 Å². The Morgan fingerprint density at radius 2 is 2.25 bits per heavy atom. The third-order valence-corrected chi connectivity index (χ3v) is 1.84. The minimum Gasteiger partial charge on any atom is -0.382 e. The average molecular weight is 251 g/mol. The first-order valence-corrected chi connectivity index (χ1v) is 3.87. The topological polar surface area (TPSA) is 62.8 Å². The number of hydrogen-bond acceptors (Lipinski definition) is 2. The summed E-state index contributed by atoms with van der Waals surface area (Å²) in [5, 5.41) is 7.13. The molecule has 1 aromatic rings. The van der Waals surface area contributed by atoms with E-state index in [-0.39, 0.29) is 18.2 Å². The van der Waals surface area contributed by atoms with Gasteiger partial charge < -0.3 is 5.73 Å². The van der Waals surface area contributed by atoms with Crippen LogP contribution in [0.25, 0.3) is 0 Å². The second-order valence-electron chi connectivity index (χ2n) is 2.26. The van der Waals surface area contributed by atoms with Crippen molar-refractivity contribution in [3.05, 3.63) is 28.0 Å². The number of nitrogens with zero attached hydrogens (tertiary/aromatic N) is 1. The molecule has 0 radical (unpaired) electrons. The standard InChI is InChI=1S/C7H8BrN3.ClH/c1-4-2-5(8)6(7(9)10)11-3-4;/h2-3H,1H3,(H3,9,10);1H. The molecule has 0 fully saturated rings. The fourth-order valence-corrected chi connectivity index (χ4v) is 1.41. The van der Waals surface area contributed by atoms with Crippen molar-refractivity contribution in [2.45, 2.75) is 6.92 Å². The van der Waals surface area contributed by atoms with E-state index in [2.05, 4.69) is 20.9 Å². The van der Waals surface area contributed by atoms with E-state index >= 15 is 0 Å². The van der Waals surface area contributed by atoms with Gasteiger partial charge in [0.15, 0.2) is 0 Å². The highest BCUT2D eigenvalue weighted by atomic mass is 79.9. The fraction of sp³-hybridized carbons (Fsp3) is 0.143. The molecule has 0 unspecified atom stereocenters. The van der Waals surface area contributed by atoms with Gasteiger partial charge in [-0.2, -0.15) is 0 Å². The third-order valence-electron chi connectivity index (χ3n) is 1.23. The largest absolute Gasteiger partial charge is 0.382 e. The molecule has 1 heterocycles. The molecule has 0 saturated heterocycles. The second-order valence-corrected chi connectivity index (χ2v) is 3.11. The molecular formula is C7H9BrClN3. The lowest BCUT2D eigenvalue weighted by Crippen LogP contribution is -2.13. The molecule has 3 N–H and O–H groups in total. The van der Waals surface area contributed by atoms with Gasteiger partial charge >= 0.3 is 0 Å². The van der Waals surface area contributed by atoms with E-state index in [0.29, 0.717) is 5.69 Å². The van der Waals surface area contributed by atoms with Crippen LogP contribution in [0.15, 0.2) is 16.7 Å². The first-order valence-electron chi connectivity index (χ1n) is 3.08. The summed E-state index contributed by atoms with van der Waals surface area (Å²) in [6.07, 6.45) is 1.68. The van der Waals surface area contributed by atoms with Crippen molar-refractivity contribution in [1.82, 2.24) is 4.98 Å². The van der Waals surface area contributed by atoms with Gasteiger partial charge in [-0.25, -0.2) is 0 Å². The summed E-state index contributed by atoms with van der Waals surface area (Å²) >= 11 is 3.26. The number of nitrogen functional groups attached to an aromatic ring is 1. The van der Waals surface area contributed by atoms with E-state index in [1.165, 1.54) is 0 Å². The molecule has 0 aliphatic heterocycles. The first-order chi connectivity index (χ1) is 5.11. The molecular weight excluding hydrogens is 241 g/mol. The Bertz CT molecular complexity index is 301. The zero-order valence-corrected chi connectivity index (χ0v) is 8.87. The molecule has 0 spiro atoms. The van der Waals surface area contributed by atoms with Crippen LogP contribution in [0.3, 0.4) is 0 Å². The van der Waals surface area contributed by atoms with Crippen LogP contribution in [0.4, 0.5) is 0 Å². The molecule has 66 valence electrons. The van der Waals surface area contributed by atoms with Gasteiger partial charge in [-0.05, 0) is 34.5 Å². The number of aromatic nitrogens is 1. The zero-order valence-electron chi connectivity index (χ0n) is 6.47. The molecule has 1 aromatic heterocycles. The van der Waals surface area contributed by atoms with Crippen LogP contribution in [0, 0.1) is 12.3 Å². The highest BCUT2D eigenvalue weighted by molar-refractivity contribution is 9.10. The average Bonchev–Trinajstić information content (AvgIpc) is 1.85. The summed E-state index contributed by atoms with van der Waals surface area (Å²) in [4.78, 5) is 3.98. The van der Waals surface area contributed by atoms with E-state index in [1.54, 1.807) is 6.20 Å². The number of rotatable bonds is 1. The molecule has 0 aliphatic carbocycles. The first kappa shape index (κ1) is 11.4. The number of nitrogens with one attached hydrogen (secondary N) is 1.